The minimum atomic E-state index is -0.761. The average molecular weight is 355 g/mol. The maximum atomic E-state index is 12.8. The van der Waals surface area contributed by atoms with Crippen LogP contribution in [-0.4, -0.2) is 32.1 Å². The van der Waals surface area contributed by atoms with Crippen LogP contribution in [0.4, 0.5) is 0 Å². The van der Waals surface area contributed by atoms with E-state index in [2.05, 4.69) is 20.7 Å². The van der Waals surface area contributed by atoms with Crippen LogP contribution < -0.4 is 10.6 Å². The molecule has 2 amide bonds. The van der Waals surface area contributed by atoms with E-state index >= 15 is 0 Å². The van der Waals surface area contributed by atoms with Crippen LogP contribution in [0.25, 0.3) is 0 Å². The van der Waals surface area contributed by atoms with Crippen LogP contribution in [0.2, 0.25) is 0 Å². The summed E-state index contributed by atoms with van der Waals surface area (Å²) in [5.41, 5.74) is 1.35. The Balaban J connectivity index is 1.63. The Labute approximate surface area is 153 Å². The van der Waals surface area contributed by atoms with Crippen molar-refractivity contribution in [3.05, 3.63) is 48.0 Å². The summed E-state index contributed by atoms with van der Waals surface area (Å²) in [5, 5.41) is 10.0. The molecule has 0 aliphatic heterocycles. The molecular weight excluding hydrogens is 330 g/mol. The van der Waals surface area contributed by atoms with Gasteiger partial charge in [-0.25, -0.2) is 9.67 Å². The van der Waals surface area contributed by atoms with E-state index in [9.17, 15) is 9.59 Å². The van der Waals surface area contributed by atoms with Gasteiger partial charge in [0.05, 0.1) is 6.54 Å². The number of nitrogens with zero attached hydrogens (tertiary/aromatic N) is 3. The normalized spacial score (nSPS) is 16.0. The lowest BCUT2D eigenvalue weighted by molar-refractivity contribution is -0.134. The van der Waals surface area contributed by atoms with Gasteiger partial charge in [-0.05, 0) is 24.0 Å². The second-order valence-corrected chi connectivity index (χ2v) is 6.92. The maximum absolute atomic E-state index is 12.8. The monoisotopic (exact) mass is 355 g/mol. The molecular formula is C19H25N5O2. The fourth-order valence-electron chi connectivity index (χ4n) is 3.59. The van der Waals surface area contributed by atoms with E-state index in [4.69, 9.17) is 0 Å². The average Bonchev–Trinajstić information content (AvgIpc) is 3.13. The molecule has 7 nitrogen and oxygen atoms in total. The third-order valence-corrected chi connectivity index (χ3v) is 4.81. The number of carbonyl (C=O) groups excluding carboxylic acids is 2. The molecule has 1 saturated carbocycles. The molecule has 0 saturated heterocycles. The summed E-state index contributed by atoms with van der Waals surface area (Å²) in [6.07, 6.45) is 7.61. The maximum Gasteiger partial charge on any atom is 0.246 e. The zero-order valence-corrected chi connectivity index (χ0v) is 15.1. The molecule has 2 aromatic rings. The number of rotatable bonds is 6. The van der Waals surface area contributed by atoms with E-state index in [0.29, 0.717) is 25.9 Å². The molecule has 0 bridgehead atoms. The number of amides is 2. The van der Waals surface area contributed by atoms with Crippen LogP contribution in [0.5, 0.6) is 0 Å². The number of hydrogen-bond donors (Lipinski definition) is 2. The summed E-state index contributed by atoms with van der Waals surface area (Å²) in [6.45, 7) is 2.54. The highest BCUT2D eigenvalue weighted by molar-refractivity contribution is 5.91. The van der Waals surface area contributed by atoms with Gasteiger partial charge in [-0.3, -0.25) is 9.59 Å². The van der Waals surface area contributed by atoms with Gasteiger partial charge in [0.2, 0.25) is 11.8 Å². The fraction of sp³-hybridized carbons (Fsp3) is 0.474. The van der Waals surface area contributed by atoms with Crippen LogP contribution in [-0.2, 0) is 22.7 Å². The van der Waals surface area contributed by atoms with Crippen LogP contribution >= 0.6 is 0 Å². The number of aromatic nitrogens is 3. The molecule has 1 aliphatic rings. The molecule has 2 N–H and O–H groups in total. The van der Waals surface area contributed by atoms with Crippen LogP contribution in [0.3, 0.4) is 0 Å². The van der Waals surface area contributed by atoms with Crippen LogP contribution in [0.15, 0.2) is 36.9 Å². The standard InChI is InChI=1S/C19H25N5O2/c1-15(25)23-19(8-3-2-4-9-19)18(26)21-11-16-6-5-7-17(10-16)12-24-14-20-13-22-24/h5-7,10,13-14H,2-4,8-9,11-12H2,1H3,(H,21,26)(H,23,25). The van der Waals surface area contributed by atoms with Crippen molar-refractivity contribution in [3.8, 4) is 0 Å². The summed E-state index contributed by atoms with van der Waals surface area (Å²) in [4.78, 5) is 28.4. The molecule has 26 heavy (non-hydrogen) atoms. The third kappa shape index (κ3) is 4.47. The lowest BCUT2D eigenvalue weighted by Gasteiger charge is -2.36. The molecule has 1 fully saturated rings. The van der Waals surface area contributed by atoms with Crippen molar-refractivity contribution >= 4 is 11.8 Å². The molecule has 0 spiro atoms. The van der Waals surface area contributed by atoms with Crippen molar-refractivity contribution < 1.29 is 9.59 Å². The SMILES string of the molecule is CC(=O)NC1(C(=O)NCc2cccc(Cn3cncn3)c2)CCCCC1. The fourth-order valence-corrected chi connectivity index (χ4v) is 3.59. The first kappa shape index (κ1) is 18.1. The Morgan fingerprint density at radius 2 is 1.96 bits per heavy atom. The number of carbonyl (C=O) groups is 2. The summed E-state index contributed by atoms with van der Waals surface area (Å²) < 4.78 is 1.76. The van der Waals surface area contributed by atoms with Gasteiger partial charge in [0.25, 0.3) is 0 Å². The molecule has 0 radical (unpaired) electrons. The van der Waals surface area contributed by atoms with Crippen LogP contribution in [0, 0.1) is 0 Å². The van der Waals surface area contributed by atoms with Crippen molar-refractivity contribution in [3.63, 3.8) is 0 Å². The molecule has 0 unspecified atom stereocenters. The van der Waals surface area contributed by atoms with E-state index in [-0.39, 0.29) is 11.8 Å². The Kier molecular flexibility index (Phi) is 5.65. The topological polar surface area (TPSA) is 88.9 Å². The summed E-state index contributed by atoms with van der Waals surface area (Å²) in [5.74, 6) is -0.244. The zero-order chi connectivity index (χ0) is 18.4. The van der Waals surface area contributed by atoms with Gasteiger partial charge >= 0.3 is 0 Å². The molecule has 3 rings (SSSR count). The number of hydrogen-bond acceptors (Lipinski definition) is 4. The van der Waals surface area contributed by atoms with E-state index in [0.717, 1.165) is 30.4 Å². The van der Waals surface area contributed by atoms with Gasteiger partial charge in [0.1, 0.15) is 18.2 Å². The van der Waals surface area contributed by atoms with Crippen LogP contribution in [0.1, 0.15) is 50.2 Å². The Morgan fingerprint density at radius 3 is 2.65 bits per heavy atom. The number of nitrogens with one attached hydrogen (secondary N) is 2. The molecule has 1 aromatic carbocycles. The van der Waals surface area contributed by atoms with Gasteiger partial charge in [-0.2, -0.15) is 5.10 Å². The second kappa shape index (κ2) is 8.12. The van der Waals surface area contributed by atoms with Crippen molar-refractivity contribution in [1.82, 2.24) is 25.4 Å². The minimum absolute atomic E-state index is 0.0888. The second-order valence-electron chi connectivity index (χ2n) is 6.92. The van der Waals surface area contributed by atoms with Crippen molar-refractivity contribution in [2.45, 2.75) is 57.7 Å². The lowest BCUT2D eigenvalue weighted by Crippen LogP contribution is -2.59. The van der Waals surface area contributed by atoms with E-state index < -0.39 is 5.54 Å². The Morgan fingerprint density at radius 1 is 1.19 bits per heavy atom. The highest BCUT2D eigenvalue weighted by Gasteiger charge is 2.39. The molecule has 1 heterocycles. The van der Waals surface area contributed by atoms with Gasteiger partial charge in [-0.1, -0.05) is 43.5 Å². The molecule has 0 atom stereocenters. The van der Waals surface area contributed by atoms with Gasteiger partial charge in [-0.15, -0.1) is 0 Å². The van der Waals surface area contributed by atoms with E-state index in [1.165, 1.54) is 13.3 Å². The van der Waals surface area contributed by atoms with Crippen molar-refractivity contribution in [2.24, 2.45) is 0 Å². The van der Waals surface area contributed by atoms with Gasteiger partial charge < -0.3 is 10.6 Å². The van der Waals surface area contributed by atoms with E-state index in [1.807, 2.05) is 24.3 Å². The molecule has 1 aromatic heterocycles. The van der Waals surface area contributed by atoms with Crippen molar-refractivity contribution in [1.29, 1.82) is 0 Å². The Hall–Kier alpha value is -2.70. The molecule has 7 heteroatoms. The molecule has 138 valence electrons. The quantitative estimate of drug-likeness (QED) is 0.827. The lowest BCUT2D eigenvalue weighted by atomic mass is 9.80. The number of benzene rings is 1. The van der Waals surface area contributed by atoms with Gasteiger partial charge in [0.15, 0.2) is 0 Å². The largest absolute Gasteiger partial charge is 0.350 e. The summed E-state index contributed by atoms with van der Waals surface area (Å²) in [7, 11) is 0. The predicted molar refractivity (Wildman–Crippen MR) is 97.0 cm³/mol. The molecule has 1 aliphatic carbocycles. The predicted octanol–water partition coefficient (Wildman–Crippen LogP) is 1.78. The first-order valence-corrected chi connectivity index (χ1v) is 9.05. The zero-order valence-electron chi connectivity index (χ0n) is 15.1. The summed E-state index contributed by atoms with van der Waals surface area (Å²) >= 11 is 0. The smallest absolute Gasteiger partial charge is 0.246 e. The Bertz CT molecular complexity index is 751. The van der Waals surface area contributed by atoms with Gasteiger partial charge in [0, 0.05) is 13.5 Å². The summed E-state index contributed by atoms with van der Waals surface area (Å²) in [6, 6.07) is 8.02. The first-order valence-electron chi connectivity index (χ1n) is 9.05. The van der Waals surface area contributed by atoms with E-state index in [1.54, 1.807) is 11.0 Å². The third-order valence-electron chi connectivity index (χ3n) is 4.81. The van der Waals surface area contributed by atoms with Crippen molar-refractivity contribution in [2.75, 3.05) is 0 Å². The highest BCUT2D eigenvalue weighted by Crippen LogP contribution is 2.28. The minimum Gasteiger partial charge on any atom is -0.350 e. The highest BCUT2D eigenvalue weighted by atomic mass is 16.2. The first-order chi connectivity index (χ1) is 12.6.